The standard InChI is InChI=1S/C21H40F3O5Si3/c1-30-28-31(2,15-6-11-25-13-10-21(22,23)24)14-5-4-12-26-32(3,29-30)16-9-18-7-8-19-20(17-18)27-19/h18-20H,4-17H2,1-3H3. The van der Waals surface area contributed by atoms with Crippen molar-refractivity contribution in [1.29, 1.82) is 0 Å². The molecule has 2 saturated heterocycles. The molecule has 1 radical (unpaired) electrons. The monoisotopic (exact) mass is 513 g/mol. The van der Waals surface area contributed by atoms with E-state index in [0.717, 1.165) is 56.3 Å². The van der Waals surface area contributed by atoms with Crippen LogP contribution in [0, 0.1) is 5.92 Å². The van der Waals surface area contributed by atoms with Crippen LogP contribution in [0.3, 0.4) is 0 Å². The summed E-state index contributed by atoms with van der Waals surface area (Å²) in [5.41, 5.74) is 0. The van der Waals surface area contributed by atoms with E-state index in [1.165, 1.54) is 19.3 Å². The first kappa shape index (κ1) is 26.8. The largest absolute Gasteiger partial charge is 0.435 e. The average Bonchev–Trinajstić information content (AvgIpc) is 3.46. The second-order valence-electron chi connectivity index (χ2n) is 10.1. The summed E-state index contributed by atoms with van der Waals surface area (Å²) in [5, 5.41) is 0. The first-order valence-electron chi connectivity index (χ1n) is 12.2. The maximum Gasteiger partial charge on any atom is 0.391 e. The topological polar surface area (TPSA) is 49.5 Å². The van der Waals surface area contributed by atoms with Crippen molar-refractivity contribution in [2.45, 2.75) is 108 Å². The SMILES string of the molecule is C[Si]1O[Si](C)(CCCOCCC(F)(F)F)CCCCO[Si](C)(CCC2CCC3OC3C2)O1. The predicted molar refractivity (Wildman–Crippen MR) is 123 cm³/mol. The molecule has 0 aromatic heterocycles. The van der Waals surface area contributed by atoms with Crippen molar-refractivity contribution in [1.82, 2.24) is 0 Å². The van der Waals surface area contributed by atoms with Gasteiger partial charge in [-0.1, -0.05) is 6.42 Å². The molecule has 0 spiro atoms. The Balaban J connectivity index is 1.43. The van der Waals surface area contributed by atoms with Gasteiger partial charge in [-0.3, -0.25) is 0 Å². The number of halogens is 3. The molecule has 0 aromatic rings. The van der Waals surface area contributed by atoms with Crippen molar-refractivity contribution in [3.8, 4) is 0 Å². The minimum atomic E-state index is -4.15. The lowest BCUT2D eigenvalue weighted by Crippen LogP contribution is -2.49. The highest BCUT2D eigenvalue weighted by atomic mass is 28.5. The molecule has 187 valence electrons. The molecule has 5 nitrogen and oxygen atoms in total. The van der Waals surface area contributed by atoms with E-state index in [-0.39, 0.29) is 6.61 Å². The maximum atomic E-state index is 12.2. The van der Waals surface area contributed by atoms with Crippen molar-refractivity contribution in [2.75, 3.05) is 19.8 Å². The lowest BCUT2D eigenvalue weighted by atomic mass is 9.88. The number of ether oxygens (including phenoxy) is 2. The summed E-state index contributed by atoms with van der Waals surface area (Å²) in [6, 6.07) is 2.94. The Morgan fingerprint density at radius 2 is 1.84 bits per heavy atom. The summed E-state index contributed by atoms with van der Waals surface area (Å²) in [7, 11) is -5.71. The summed E-state index contributed by atoms with van der Waals surface area (Å²) >= 11 is 0. The number of epoxide rings is 1. The van der Waals surface area contributed by atoms with E-state index >= 15 is 0 Å². The van der Waals surface area contributed by atoms with Crippen molar-refractivity contribution in [3.05, 3.63) is 0 Å². The smallest absolute Gasteiger partial charge is 0.391 e. The van der Waals surface area contributed by atoms with Gasteiger partial charge in [0.05, 0.1) is 25.2 Å². The number of rotatable bonds is 9. The molecular formula is C21H40F3O5Si3. The molecule has 1 saturated carbocycles. The predicted octanol–water partition coefficient (Wildman–Crippen LogP) is 5.91. The Bertz CT molecular complexity index is 587. The lowest BCUT2D eigenvalue weighted by Gasteiger charge is -2.37. The summed E-state index contributed by atoms with van der Waals surface area (Å²) in [6.07, 6.45) is 3.62. The Hall–Kier alpha value is 0.241. The van der Waals surface area contributed by atoms with Crippen LogP contribution in [0.15, 0.2) is 0 Å². The molecule has 3 fully saturated rings. The third-order valence-corrected chi connectivity index (χ3v) is 17.7. The van der Waals surface area contributed by atoms with Crippen LogP contribution in [0.4, 0.5) is 13.2 Å². The van der Waals surface area contributed by atoms with E-state index in [0.29, 0.717) is 18.8 Å². The average molecular weight is 514 g/mol. The highest BCUT2D eigenvalue weighted by Gasteiger charge is 2.45. The van der Waals surface area contributed by atoms with E-state index in [1.54, 1.807) is 0 Å². The summed E-state index contributed by atoms with van der Waals surface area (Å²) < 4.78 is 67.1. The Morgan fingerprint density at radius 3 is 2.59 bits per heavy atom. The maximum absolute atomic E-state index is 12.2. The van der Waals surface area contributed by atoms with E-state index in [1.807, 2.05) is 0 Å². The fourth-order valence-corrected chi connectivity index (χ4v) is 16.0. The van der Waals surface area contributed by atoms with Gasteiger partial charge >= 0.3 is 24.0 Å². The Morgan fingerprint density at radius 1 is 1.03 bits per heavy atom. The van der Waals surface area contributed by atoms with E-state index < -0.39 is 38.8 Å². The van der Waals surface area contributed by atoms with Crippen LogP contribution < -0.4 is 0 Å². The van der Waals surface area contributed by atoms with Crippen LogP contribution in [-0.4, -0.2) is 64.4 Å². The van der Waals surface area contributed by atoms with Crippen LogP contribution in [0.5, 0.6) is 0 Å². The van der Waals surface area contributed by atoms with Crippen LogP contribution in [0.2, 0.25) is 37.8 Å². The van der Waals surface area contributed by atoms with Crippen LogP contribution in [0.1, 0.15) is 51.4 Å². The molecule has 2 aliphatic heterocycles. The summed E-state index contributed by atoms with van der Waals surface area (Å²) in [4.78, 5) is 0. The van der Waals surface area contributed by atoms with Gasteiger partial charge in [-0.15, -0.1) is 0 Å². The quantitative estimate of drug-likeness (QED) is 0.218. The van der Waals surface area contributed by atoms with Crippen LogP contribution >= 0.6 is 0 Å². The van der Waals surface area contributed by atoms with Gasteiger partial charge in [0, 0.05) is 13.2 Å². The van der Waals surface area contributed by atoms with Gasteiger partial charge in [0.2, 0.25) is 0 Å². The van der Waals surface area contributed by atoms with Crippen molar-refractivity contribution in [3.63, 3.8) is 0 Å². The number of hydrogen-bond acceptors (Lipinski definition) is 5. The molecule has 5 atom stereocenters. The molecule has 0 amide bonds. The van der Waals surface area contributed by atoms with Gasteiger partial charge < -0.3 is 22.1 Å². The van der Waals surface area contributed by atoms with Gasteiger partial charge in [0.15, 0.2) is 8.32 Å². The second kappa shape index (κ2) is 11.8. The number of alkyl halides is 3. The van der Waals surface area contributed by atoms with Crippen molar-refractivity contribution in [2.24, 2.45) is 5.92 Å². The molecule has 3 rings (SSSR count). The fraction of sp³-hybridized carbons (Fsp3) is 1.00. The van der Waals surface area contributed by atoms with Crippen molar-refractivity contribution < 1.29 is 35.3 Å². The summed E-state index contributed by atoms with van der Waals surface area (Å²) in [6.45, 7) is 7.37. The molecule has 0 aromatic carbocycles. The fourth-order valence-electron chi connectivity index (χ4n) is 4.99. The third-order valence-electron chi connectivity index (χ3n) is 6.90. The van der Waals surface area contributed by atoms with Gasteiger partial charge in [0.25, 0.3) is 0 Å². The Kier molecular flexibility index (Phi) is 9.88. The van der Waals surface area contributed by atoms with E-state index in [9.17, 15) is 13.2 Å². The molecule has 11 heteroatoms. The highest BCUT2D eigenvalue weighted by Crippen LogP contribution is 2.42. The molecular weight excluding hydrogens is 473 g/mol. The van der Waals surface area contributed by atoms with Crippen LogP contribution in [-0.2, 0) is 22.1 Å². The zero-order valence-corrected chi connectivity index (χ0v) is 22.8. The van der Waals surface area contributed by atoms with Gasteiger partial charge in [0.1, 0.15) is 0 Å². The van der Waals surface area contributed by atoms with Crippen molar-refractivity contribution >= 4 is 26.2 Å². The molecule has 2 heterocycles. The van der Waals surface area contributed by atoms with Crippen LogP contribution in [0.25, 0.3) is 0 Å². The first-order chi connectivity index (χ1) is 15.1. The first-order valence-corrected chi connectivity index (χ1v) is 19.4. The molecule has 1 aliphatic carbocycles. The summed E-state index contributed by atoms with van der Waals surface area (Å²) in [5.74, 6) is 0.719. The van der Waals surface area contributed by atoms with E-state index in [2.05, 4.69) is 19.6 Å². The number of hydrogen-bond donors (Lipinski definition) is 0. The van der Waals surface area contributed by atoms with Gasteiger partial charge in [-0.2, -0.15) is 13.2 Å². The lowest BCUT2D eigenvalue weighted by molar-refractivity contribution is -0.145. The molecule has 5 unspecified atom stereocenters. The molecule has 0 N–H and O–H groups in total. The molecule has 0 bridgehead atoms. The van der Waals surface area contributed by atoms with E-state index in [4.69, 9.17) is 22.1 Å². The minimum absolute atomic E-state index is 0.260. The molecule has 32 heavy (non-hydrogen) atoms. The molecule has 3 aliphatic rings. The normalized spacial score (nSPS) is 37.1. The number of fused-ring (bicyclic) bond motifs is 1. The zero-order chi connectivity index (χ0) is 23.2. The van der Waals surface area contributed by atoms with Gasteiger partial charge in [-0.25, -0.2) is 0 Å². The second-order valence-corrected chi connectivity index (χ2v) is 19.7. The minimum Gasteiger partial charge on any atom is -0.435 e. The highest BCUT2D eigenvalue weighted by molar-refractivity contribution is 6.81. The Labute approximate surface area is 194 Å². The third kappa shape index (κ3) is 9.47. The zero-order valence-electron chi connectivity index (χ0n) is 19.8. The van der Waals surface area contributed by atoms with Gasteiger partial charge in [-0.05, 0) is 82.2 Å².